The van der Waals surface area contributed by atoms with E-state index in [1.165, 1.54) is 25.1 Å². The van der Waals surface area contributed by atoms with E-state index < -0.39 is 21.1 Å². The number of nitrogens with one attached hydrogen (secondary N) is 1. The van der Waals surface area contributed by atoms with Crippen LogP contribution >= 0.6 is 0 Å². The van der Waals surface area contributed by atoms with Crippen molar-refractivity contribution in [3.8, 4) is 0 Å². The quantitative estimate of drug-likeness (QED) is 0.625. The highest BCUT2D eigenvalue weighted by atomic mass is 32.2. The van der Waals surface area contributed by atoms with Crippen molar-refractivity contribution in [2.75, 3.05) is 0 Å². The Bertz CT molecular complexity index is 608. The van der Waals surface area contributed by atoms with E-state index in [1.807, 2.05) is 0 Å². The van der Waals surface area contributed by atoms with Gasteiger partial charge in [0.25, 0.3) is 5.69 Å². The molecule has 1 aromatic rings. The molecule has 7 nitrogen and oxygen atoms in total. The van der Waals surface area contributed by atoms with Gasteiger partial charge in [0.1, 0.15) is 0 Å². The average Bonchev–Trinajstić information content (AvgIpc) is 2.26. The molecule has 2 N–H and O–H groups in total. The number of benzene rings is 1. The maximum absolute atomic E-state index is 12.1. The molecule has 2 rings (SSSR count). The predicted molar refractivity (Wildman–Crippen MR) is 67.2 cm³/mol. The molecule has 8 heteroatoms. The molecular formula is C11H14N2O5S. The van der Waals surface area contributed by atoms with E-state index >= 15 is 0 Å². The Kier molecular flexibility index (Phi) is 3.57. The molecule has 0 radical (unpaired) electrons. The predicted octanol–water partition coefficient (Wildman–Crippen LogP) is 0.705. The Morgan fingerprint density at radius 3 is 2.58 bits per heavy atom. The van der Waals surface area contributed by atoms with Crippen molar-refractivity contribution in [1.29, 1.82) is 0 Å². The molecule has 0 saturated heterocycles. The van der Waals surface area contributed by atoms with E-state index in [-0.39, 0.29) is 22.2 Å². The number of aliphatic hydroxyl groups is 1. The lowest BCUT2D eigenvalue weighted by molar-refractivity contribution is -0.385. The molecule has 0 unspecified atom stereocenters. The van der Waals surface area contributed by atoms with Gasteiger partial charge in [0.05, 0.1) is 15.9 Å². The van der Waals surface area contributed by atoms with Crippen LogP contribution in [0.5, 0.6) is 0 Å². The van der Waals surface area contributed by atoms with Crippen LogP contribution in [0, 0.1) is 17.0 Å². The number of nitrogens with zero attached hydrogens (tertiary/aromatic N) is 1. The summed E-state index contributed by atoms with van der Waals surface area (Å²) in [6, 6.07) is 3.63. The smallest absolute Gasteiger partial charge is 0.273 e. The molecule has 0 aliphatic heterocycles. The van der Waals surface area contributed by atoms with Gasteiger partial charge < -0.3 is 5.11 Å². The lowest BCUT2D eigenvalue weighted by atomic mass is 9.91. The minimum atomic E-state index is -3.80. The second-order valence-corrected chi connectivity index (χ2v) is 6.28. The topological polar surface area (TPSA) is 110 Å². The average molecular weight is 286 g/mol. The number of hydrogen-bond donors (Lipinski definition) is 2. The van der Waals surface area contributed by atoms with Gasteiger partial charge in [-0.05, 0) is 25.8 Å². The standard InChI is InChI=1S/C11H14N2O5S/c1-7-10(13(15)16)3-2-4-11(7)19(17,18)12-8-5-9(14)6-8/h2-4,8-9,12,14H,5-6H2,1H3. The molecule has 0 bridgehead atoms. The van der Waals surface area contributed by atoms with E-state index in [0.29, 0.717) is 12.8 Å². The number of sulfonamides is 1. The second kappa shape index (κ2) is 4.87. The fraction of sp³-hybridized carbons (Fsp3) is 0.455. The van der Waals surface area contributed by atoms with Gasteiger partial charge in [0, 0.05) is 17.7 Å². The lowest BCUT2D eigenvalue weighted by Gasteiger charge is -2.31. The van der Waals surface area contributed by atoms with Crippen molar-refractivity contribution in [3.63, 3.8) is 0 Å². The number of rotatable bonds is 4. The molecule has 1 aliphatic carbocycles. The van der Waals surface area contributed by atoms with Crippen LogP contribution in [0.2, 0.25) is 0 Å². The van der Waals surface area contributed by atoms with Crippen LogP contribution in [0.3, 0.4) is 0 Å². The van der Waals surface area contributed by atoms with Crippen molar-refractivity contribution >= 4 is 15.7 Å². The molecule has 0 amide bonds. The summed E-state index contributed by atoms with van der Waals surface area (Å²) >= 11 is 0. The third kappa shape index (κ3) is 2.75. The van der Waals surface area contributed by atoms with Crippen molar-refractivity contribution in [2.45, 2.75) is 36.8 Å². The molecule has 1 aliphatic rings. The minimum absolute atomic E-state index is 0.0944. The van der Waals surface area contributed by atoms with Gasteiger partial charge in [-0.3, -0.25) is 10.1 Å². The highest BCUT2D eigenvalue weighted by Gasteiger charge is 2.32. The first-order valence-corrected chi connectivity index (χ1v) is 7.24. The third-order valence-electron chi connectivity index (χ3n) is 3.18. The highest BCUT2D eigenvalue weighted by molar-refractivity contribution is 7.89. The van der Waals surface area contributed by atoms with Crippen LogP contribution in [-0.4, -0.2) is 30.6 Å². The number of nitro groups is 1. The first-order chi connectivity index (χ1) is 8.81. The fourth-order valence-electron chi connectivity index (χ4n) is 2.06. The maximum atomic E-state index is 12.1. The van der Waals surface area contributed by atoms with Crippen LogP contribution in [0.25, 0.3) is 0 Å². The Labute approximate surface area is 110 Å². The molecular weight excluding hydrogens is 272 g/mol. The minimum Gasteiger partial charge on any atom is -0.393 e. The molecule has 0 heterocycles. The monoisotopic (exact) mass is 286 g/mol. The van der Waals surface area contributed by atoms with E-state index in [2.05, 4.69) is 4.72 Å². The van der Waals surface area contributed by atoms with Crippen LogP contribution in [-0.2, 0) is 10.0 Å². The highest BCUT2D eigenvalue weighted by Crippen LogP contribution is 2.27. The van der Waals surface area contributed by atoms with Crippen LogP contribution in [0.1, 0.15) is 18.4 Å². The summed E-state index contributed by atoms with van der Waals surface area (Å²) in [6.07, 6.45) is 0.263. The molecule has 1 fully saturated rings. The summed E-state index contributed by atoms with van der Waals surface area (Å²) in [5.74, 6) is 0. The number of nitro benzene ring substituents is 1. The Morgan fingerprint density at radius 1 is 1.42 bits per heavy atom. The summed E-state index contributed by atoms with van der Waals surface area (Å²) in [5.41, 5.74) is -0.114. The SMILES string of the molecule is Cc1c([N+](=O)[O-])cccc1S(=O)(=O)NC1CC(O)C1. The van der Waals surface area contributed by atoms with Gasteiger partial charge >= 0.3 is 0 Å². The molecule has 0 atom stereocenters. The second-order valence-electron chi connectivity index (χ2n) is 4.60. The van der Waals surface area contributed by atoms with E-state index in [0.717, 1.165) is 0 Å². The largest absolute Gasteiger partial charge is 0.393 e. The fourth-order valence-corrected chi connectivity index (χ4v) is 3.58. The molecule has 0 spiro atoms. The van der Waals surface area contributed by atoms with Gasteiger partial charge in [-0.25, -0.2) is 13.1 Å². The van der Waals surface area contributed by atoms with Crippen LogP contribution in [0.4, 0.5) is 5.69 Å². The summed E-state index contributed by atoms with van der Waals surface area (Å²) in [5, 5.41) is 19.9. The zero-order valence-corrected chi connectivity index (χ0v) is 11.1. The normalized spacial score (nSPS) is 22.8. The number of hydrogen-bond acceptors (Lipinski definition) is 5. The van der Waals surface area contributed by atoms with Crippen LogP contribution < -0.4 is 4.72 Å². The summed E-state index contributed by atoms with van der Waals surface area (Å²) in [6.45, 7) is 1.41. The lowest BCUT2D eigenvalue weighted by Crippen LogP contribution is -2.46. The van der Waals surface area contributed by atoms with E-state index in [1.54, 1.807) is 0 Å². The van der Waals surface area contributed by atoms with Gasteiger partial charge in [-0.1, -0.05) is 6.07 Å². The van der Waals surface area contributed by atoms with E-state index in [4.69, 9.17) is 5.11 Å². The molecule has 0 aromatic heterocycles. The first-order valence-electron chi connectivity index (χ1n) is 5.75. The van der Waals surface area contributed by atoms with Gasteiger partial charge in [-0.2, -0.15) is 0 Å². The third-order valence-corrected chi connectivity index (χ3v) is 4.84. The summed E-state index contributed by atoms with van der Waals surface area (Å²) in [7, 11) is -3.80. The maximum Gasteiger partial charge on any atom is 0.273 e. The zero-order chi connectivity index (χ0) is 14.2. The van der Waals surface area contributed by atoms with Crippen molar-refractivity contribution in [3.05, 3.63) is 33.9 Å². The van der Waals surface area contributed by atoms with Gasteiger partial charge in [-0.15, -0.1) is 0 Å². The summed E-state index contributed by atoms with van der Waals surface area (Å²) in [4.78, 5) is 10.1. The Hall–Kier alpha value is -1.51. The van der Waals surface area contributed by atoms with Gasteiger partial charge in [0.15, 0.2) is 0 Å². The first kappa shape index (κ1) is 13.9. The van der Waals surface area contributed by atoms with Crippen molar-refractivity contribution in [2.24, 2.45) is 0 Å². The number of aliphatic hydroxyl groups excluding tert-OH is 1. The Balaban J connectivity index is 2.30. The zero-order valence-electron chi connectivity index (χ0n) is 10.2. The van der Waals surface area contributed by atoms with Gasteiger partial charge in [0.2, 0.25) is 10.0 Å². The molecule has 19 heavy (non-hydrogen) atoms. The molecule has 104 valence electrons. The van der Waals surface area contributed by atoms with Crippen molar-refractivity contribution in [1.82, 2.24) is 4.72 Å². The van der Waals surface area contributed by atoms with Crippen LogP contribution in [0.15, 0.2) is 23.1 Å². The van der Waals surface area contributed by atoms with Crippen molar-refractivity contribution < 1.29 is 18.4 Å². The molecule has 1 saturated carbocycles. The molecule has 1 aromatic carbocycles. The summed E-state index contributed by atoms with van der Waals surface area (Å²) < 4.78 is 26.7. The van der Waals surface area contributed by atoms with E-state index in [9.17, 15) is 18.5 Å². The Morgan fingerprint density at radius 2 is 2.05 bits per heavy atom.